The van der Waals surface area contributed by atoms with Crippen molar-refractivity contribution < 1.29 is 19.0 Å². The Hall–Kier alpha value is -0.610. The summed E-state index contributed by atoms with van der Waals surface area (Å²) in [5, 5.41) is 0. The third-order valence-corrected chi connectivity index (χ3v) is 2.84. The fourth-order valence-corrected chi connectivity index (χ4v) is 1.88. The zero-order valence-corrected chi connectivity index (χ0v) is 8.99. The molecule has 4 heteroatoms. The monoisotopic (exact) mass is 200 g/mol. The van der Waals surface area contributed by atoms with Gasteiger partial charge in [0.15, 0.2) is 5.79 Å². The second-order valence-corrected chi connectivity index (χ2v) is 4.91. The van der Waals surface area contributed by atoms with Crippen molar-refractivity contribution in [1.29, 1.82) is 0 Å². The maximum absolute atomic E-state index is 11.2. The van der Waals surface area contributed by atoms with E-state index in [2.05, 4.69) is 0 Å². The van der Waals surface area contributed by atoms with Gasteiger partial charge in [0.1, 0.15) is 17.6 Å². The van der Waals surface area contributed by atoms with E-state index in [9.17, 15) is 4.79 Å². The molecule has 0 aromatic carbocycles. The highest BCUT2D eigenvalue weighted by Gasteiger charge is 2.57. The first-order valence-corrected chi connectivity index (χ1v) is 4.86. The summed E-state index contributed by atoms with van der Waals surface area (Å²) in [6.07, 6.45) is -0.297. The number of ether oxygens (including phenoxy) is 3. The van der Waals surface area contributed by atoms with E-state index in [4.69, 9.17) is 14.2 Å². The zero-order chi connectivity index (χ0) is 10.6. The van der Waals surface area contributed by atoms with Crippen LogP contribution < -0.4 is 0 Å². The van der Waals surface area contributed by atoms with Gasteiger partial charge in [-0.2, -0.15) is 0 Å². The lowest BCUT2D eigenvalue weighted by atomic mass is 9.79. The minimum Gasteiger partial charge on any atom is -0.458 e. The quantitative estimate of drug-likeness (QED) is 0.594. The first kappa shape index (κ1) is 9.93. The molecule has 2 fully saturated rings. The van der Waals surface area contributed by atoms with Crippen LogP contribution >= 0.6 is 0 Å². The van der Waals surface area contributed by atoms with Gasteiger partial charge in [0, 0.05) is 0 Å². The van der Waals surface area contributed by atoms with Gasteiger partial charge < -0.3 is 14.2 Å². The molecule has 2 heterocycles. The Kier molecular flexibility index (Phi) is 1.92. The van der Waals surface area contributed by atoms with E-state index in [0.29, 0.717) is 6.61 Å². The predicted octanol–water partition coefficient (Wildman–Crippen LogP) is 1.09. The standard InChI is InChI=1S/C10H16O4/c1-9(2)7(13-8(9)11)6-5-12-10(3,4)14-6/h6-7H,5H2,1-4H3/t6-,7-/m1/s1. The third kappa shape index (κ3) is 1.33. The number of carbonyl (C=O) groups excluding carboxylic acids is 1. The molecular formula is C10H16O4. The summed E-state index contributed by atoms with van der Waals surface area (Å²) in [7, 11) is 0. The highest BCUT2D eigenvalue weighted by Crippen LogP contribution is 2.41. The van der Waals surface area contributed by atoms with Crippen molar-refractivity contribution in [3.63, 3.8) is 0 Å². The summed E-state index contributed by atoms with van der Waals surface area (Å²) in [6.45, 7) is 7.96. The topological polar surface area (TPSA) is 44.8 Å². The van der Waals surface area contributed by atoms with Crippen LogP contribution in [0, 0.1) is 5.41 Å². The first-order valence-electron chi connectivity index (χ1n) is 4.86. The molecule has 0 aliphatic carbocycles. The molecule has 2 atom stereocenters. The molecule has 80 valence electrons. The van der Waals surface area contributed by atoms with Gasteiger partial charge in [0.2, 0.25) is 0 Å². The van der Waals surface area contributed by atoms with E-state index in [1.165, 1.54) is 0 Å². The summed E-state index contributed by atoms with van der Waals surface area (Å²) in [5.41, 5.74) is -0.436. The zero-order valence-electron chi connectivity index (χ0n) is 8.99. The fourth-order valence-electron chi connectivity index (χ4n) is 1.88. The molecule has 4 nitrogen and oxygen atoms in total. The van der Waals surface area contributed by atoms with E-state index >= 15 is 0 Å². The lowest BCUT2D eigenvalue weighted by Gasteiger charge is -2.44. The maximum Gasteiger partial charge on any atom is 0.315 e. The second-order valence-electron chi connectivity index (χ2n) is 4.91. The van der Waals surface area contributed by atoms with Gasteiger partial charge >= 0.3 is 5.97 Å². The molecule has 14 heavy (non-hydrogen) atoms. The Balaban J connectivity index is 2.03. The highest BCUT2D eigenvalue weighted by molar-refractivity contribution is 5.82. The molecule has 0 aromatic rings. The van der Waals surface area contributed by atoms with Crippen LogP contribution in [0.2, 0.25) is 0 Å². The van der Waals surface area contributed by atoms with Gasteiger partial charge in [0.25, 0.3) is 0 Å². The number of esters is 1. The molecule has 2 aliphatic heterocycles. The molecule has 0 saturated carbocycles. The van der Waals surface area contributed by atoms with Crippen molar-refractivity contribution in [2.75, 3.05) is 6.61 Å². The van der Waals surface area contributed by atoms with Crippen molar-refractivity contribution in [1.82, 2.24) is 0 Å². The largest absolute Gasteiger partial charge is 0.458 e. The minimum absolute atomic E-state index is 0.127. The molecule has 0 amide bonds. The van der Waals surface area contributed by atoms with Gasteiger partial charge in [-0.3, -0.25) is 4.79 Å². The Morgan fingerprint density at radius 3 is 2.29 bits per heavy atom. The van der Waals surface area contributed by atoms with Crippen molar-refractivity contribution in [2.24, 2.45) is 5.41 Å². The molecule has 0 N–H and O–H groups in total. The van der Waals surface area contributed by atoms with E-state index in [1.807, 2.05) is 27.7 Å². The van der Waals surface area contributed by atoms with E-state index < -0.39 is 11.2 Å². The SMILES string of the molecule is CC1(C)OC[C@H]([C@H]2OC(=O)C2(C)C)O1. The normalized spacial score (nSPS) is 39.0. The Morgan fingerprint density at radius 2 is 1.93 bits per heavy atom. The smallest absolute Gasteiger partial charge is 0.315 e. The Labute approximate surface area is 83.5 Å². The Morgan fingerprint density at radius 1 is 1.29 bits per heavy atom. The molecule has 0 unspecified atom stereocenters. The molecule has 0 bridgehead atoms. The summed E-state index contributed by atoms with van der Waals surface area (Å²) in [5.74, 6) is -0.709. The number of cyclic esters (lactones) is 1. The first-order chi connectivity index (χ1) is 6.33. The van der Waals surface area contributed by atoms with E-state index in [0.717, 1.165) is 0 Å². The maximum atomic E-state index is 11.2. The van der Waals surface area contributed by atoms with E-state index in [-0.39, 0.29) is 18.2 Å². The van der Waals surface area contributed by atoms with Gasteiger partial charge in [-0.05, 0) is 27.7 Å². The van der Waals surface area contributed by atoms with Crippen LogP contribution in [0.3, 0.4) is 0 Å². The lowest BCUT2D eigenvalue weighted by molar-refractivity contribution is -0.227. The number of hydrogen-bond donors (Lipinski definition) is 0. The molecule has 0 spiro atoms. The van der Waals surface area contributed by atoms with Crippen molar-refractivity contribution in [2.45, 2.75) is 45.7 Å². The summed E-state index contributed by atoms with van der Waals surface area (Å²) in [4.78, 5) is 11.2. The van der Waals surface area contributed by atoms with Gasteiger partial charge in [0.05, 0.1) is 6.61 Å². The second kappa shape index (κ2) is 2.70. The van der Waals surface area contributed by atoms with Crippen molar-refractivity contribution in [3.8, 4) is 0 Å². The van der Waals surface area contributed by atoms with Crippen LogP contribution in [0.15, 0.2) is 0 Å². The van der Waals surface area contributed by atoms with Crippen LogP contribution in [0.4, 0.5) is 0 Å². The van der Waals surface area contributed by atoms with Crippen LogP contribution in [-0.2, 0) is 19.0 Å². The molecule has 2 aliphatic rings. The molecule has 2 saturated heterocycles. The van der Waals surface area contributed by atoms with Crippen molar-refractivity contribution >= 4 is 5.97 Å². The number of rotatable bonds is 1. The van der Waals surface area contributed by atoms with Crippen LogP contribution in [0.5, 0.6) is 0 Å². The van der Waals surface area contributed by atoms with Crippen LogP contribution in [-0.4, -0.2) is 30.6 Å². The average Bonchev–Trinajstić information content (AvgIpc) is 2.41. The number of carbonyl (C=O) groups is 1. The third-order valence-electron chi connectivity index (χ3n) is 2.84. The Bertz CT molecular complexity index is 269. The van der Waals surface area contributed by atoms with Crippen LogP contribution in [0.1, 0.15) is 27.7 Å². The average molecular weight is 200 g/mol. The molecular weight excluding hydrogens is 184 g/mol. The summed E-state index contributed by atoms with van der Waals surface area (Å²) >= 11 is 0. The van der Waals surface area contributed by atoms with E-state index in [1.54, 1.807) is 0 Å². The predicted molar refractivity (Wildman–Crippen MR) is 48.6 cm³/mol. The minimum atomic E-state index is -0.553. The van der Waals surface area contributed by atoms with Crippen molar-refractivity contribution in [3.05, 3.63) is 0 Å². The van der Waals surface area contributed by atoms with Gasteiger partial charge in [-0.25, -0.2) is 0 Å². The fraction of sp³-hybridized carbons (Fsp3) is 0.900. The molecule has 2 rings (SSSR count). The summed E-state index contributed by atoms with van der Waals surface area (Å²) < 4.78 is 16.1. The number of hydrogen-bond acceptors (Lipinski definition) is 4. The van der Waals surface area contributed by atoms with Gasteiger partial charge in [-0.15, -0.1) is 0 Å². The summed E-state index contributed by atoms with van der Waals surface area (Å²) in [6, 6.07) is 0. The lowest BCUT2D eigenvalue weighted by Crippen LogP contribution is -2.59. The molecule has 0 aromatic heterocycles. The molecule has 0 radical (unpaired) electrons. The van der Waals surface area contributed by atoms with Crippen LogP contribution in [0.25, 0.3) is 0 Å². The highest BCUT2D eigenvalue weighted by atomic mass is 16.8. The van der Waals surface area contributed by atoms with Gasteiger partial charge in [-0.1, -0.05) is 0 Å².